The molecule has 0 aliphatic carbocycles. The van der Waals surface area contributed by atoms with E-state index in [0.717, 1.165) is 0 Å². The largest absolute Gasteiger partial charge is 0.243 e. The van der Waals surface area contributed by atoms with E-state index < -0.39 is 26.1 Å². The normalized spacial score (nSPS) is 13.9. The summed E-state index contributed by atoms with van der Waals surface area (Å²) in [4.78, 5) is 0.156. The second kappa shape index (κ2) is 6.93. The molecule has 2 aromatic rings. The zero-order valence-corrected chi connectivity index (χ0v) is 16.3. The molecule has 0 aliphatic rings. The lowest BCUT2D eigenvalue weighted by atomic mass is 10.1. The van der Waals surface area contributed by atoms with Gasteiger partial charge in [-0.15, -0.1) is 0 Å². The average molecular weight is 433 g/mol. The third kappa shape index (κ3) is 4.04. The minimum atomic E-state index is -3.78. The minimum absolute atomic E-state index is 0.0176. The molecule has 0 heterocycles. The maximum absolute atomic E-state index is 12.7. The molecule has 2 rings (SSSR count). The highest BCUT2D eigenvalue weighted by molar-refractivity contribution is 9.10. The lowest BCUT2D eigenvalue weighted by molar-refractivity contribution is 0.398. The van der Waals surface area contributed by atoms with Crippen LogP contribution in [0.3, 0.4) is 0 Å². The van der Waals surface area contributed by atoms with Crippen LogP contribution >= 0.6 is 15.9 Å². The third-order valence-electron chi connectivity index (χ3n) is 3.71. The van der Waals surface area contributed by atoms with Gasteiger partial charge < -0.3 is 0 Å². The van der Waals surface area contributed by atoms with Crippen LogP contribution < -0.4 is 5.14 Å². The number of sulfonamides is 2. The Hall–Kier alpha value is -1.26. The first-order valence-electron chi connectivity index (χ1n) is 6.90. The lowest BCUT2D eigenvalue weighted by Crippen LogP contribution is -2.29. The van der Waals surface area contributed by atoms with E-state index in [9.17, 15) is 16.8 Å². The summed E-state index contributed by atoms with van der Waals surface area (Å²) in [5.74, 6) is 0. The molecule has 1 atom stereocenters. The van der Waals surface area contributed by atoms with Gasteiger partial charge in [0.05, 0.1) is 9.79 Å². The maximum Gasteiger partial charge on any atom is 0.243 e. The molecule has 0 saturated heterocycles. The van der Waals surface area contributed by atoms with E-state index in [1.54, 1.807) is 31.2 Å². The van der Waals surface area contributed by atoms with E-state index in [-0.39, 0.29) is 9.79 Å². The first-order chi connectivity index (χ1) is 11.0. The Balaban J connectivity index is 2.33. The van der Waals surface area contributed by atoms with Crippen LogP contribution in [0.1, 0.15) is 18.5 Å². The zero-order chi connectivity index (χ0) is 18.1. The summed E-state index contributed by atoms with van der Waals surface area (Å²) in [5.41, 5.74) is 0.656. The molecule has 0 aromatic heterocycles. The van der Waals surface area contributed by atoms with E-state index in [1.165, 1.54) is 35.6 Å². The molecule has 0 fully saturated rings. The molecule has 24 heavy (non-hydrogen) atoms. The number of benzene rings is 2. The third-order valence-corrected chi connectivity index (χ3v) is 7.06. The molecule has 6 nitrogen and oxygen atoms in total. The number of primary sulfonamides is 1. The number of rotatable bonds is 5. The summed E-state index contributed by atoms with van der Waals surface area (Å²) < 4.78 is 49.9. The number of nitrogens with zero attached hydrogens (tertiary/aromatic N) is 1. The summed E-state index contributed by atoms with van der Waals surface area (Å²) in [5, 5.41) is 5.06. The van der Waals surface area contributed by atoms with Crippen LogP contribution in [0, 0.1) is 0 Å². The van der Waals surface area contributed by atoms with Gasteiger partial charge in [-0.25, -0.2) is 22.0 Å². The quantitative estimate of drug-likeness (QED) is 0.784. The van der Waals surface area contributed by atoms with Crippen molar-refractivity contribution in [2.45, 2.75) is 22.8 Å². The number of halogens is 1. The van der Waals surface area contributed by atoms with E-state index in [2.05, 4.69) is 15.9 Å². The Morgan fingerprint density at radius 2 is 1.58 bits per heavy atom. The summed E-state index contributed by atoms with van der Waals surface area (Å²) >= 11 is 3.26. The van der Waals surface area contributed by atoms with Crippen molar-refractivity contribution < 1.29 is 16.8 Å². The van der Waals surface area contributed by atoms with Crippen LogP contribution in [-0.4, -0.2) is 28.2 Å². The second-order valence-electron chi connectivity index (χ2n) is 5.27. The fourth-order valence-electron chi connectivity index (χ4n) is 2.15. The predicted molar refractivity (Wildman–Crippen MR) is 95.3 cm³/mol. The van der Waals surface area contributed by atoms with Crippen LogP contribution in [0.2, 0.25) is 0 Å². The van der Waals surface area contributed by atoms with Gasteiger partial charge in [-0.1, -0.05) is 34.1 Å². The van der Waals surface area contributed by atoms with Crippen molar-refractivity contribution in [3.05, 3.63) is 58.6 Å². The topological polar surface area (TPSA) is 97.5 Å². The van der Waals surface area contributed by atoms with Crippen molar-refractivity contribution in [1.82, 2.24) is 4.31 Å². The summed E-state index contributed by atoms with van der Waals surface area (Å²) in [7, 11) is -5.99. The van der Waals surface area contributed by atoms with Gasteiger partial charge >= 0.3 is 0 Å². The second-order valence-corrected chi connectivity index (χ2v) is 9.74. The summed E-state index contributed by atoms with van der Waals surface area (Å²) in [6, 6.07) is 11.8. The van der Waals surface area contributed by atoms with E-state index in [1.807, 2.05) is 0 Å². The highest BCUT2D eigenvalue weighted by Crippen LogP contribution is 2.27. The van der Waals surface area contributed by atoms with Gasteiger partial charge in [0.1, 0.15) is 0 Å². The molecule has 9 heteroatoms. The molecular weight excluding hydrogens is 416 g/mol. The lowest BCUT2D eigenvalue weighted by Gasteiger charge is -2.25. The SMILES string of the molecule is CC(c1ccc(S(N)(=O)=O)cc1)N(C)S(=O)(=O)c1cccc(Br)c1. The fourth-order valence-corrected chi connectivity index (χ4v) is 4.61. The molecule has 0 bridgehead atoms. The van der Waals surface area contributed by atoms with E-state index in [0.29, 0.717) is 10.0 Å². The van der Waals surface area contributed by atoms with E-state index in [4.69, 9.17) is 5.14 Å². The van der Waals surface area contributed by atoms with Crippen molar-refractivity contribution in [3.8, 4) is 0 Å². The van der Waals surface area contributed by atoms with Gasteiger partial charge in [0, 0.05) is 17.6 Å². The van der Waals surface area contributed by atoms with Gasteiger partial charge in [0.2, 0.25) is 20.0 Å². The van der Waals surface area contributed by atoms with Crippen LogP contribution in [0.5, 0.6) is 0 Å². The molecule has 0 spiro atoms. The number of hydrogen-bond acceptors (Lipinski definition) is 4. The summed E-state index contributed by atoms with van der Waals surface area (Å²) in [6.07, 6.45) is 0. The predicted octanol–water partition coefficient (Wildman–Crippen LogP) is 2.48. The van der Waals surface area contributed by atoms with Crippen molar-refractivity contribution in [1.29, 1.82) is 0 Å². The van der Waals surface area contributed by atoms with Crippen LogP contribution in [0.25, 0.3) is 0 Å². The smallest absolute Gasteiger partial charge is 0.225 e. The molecular formula is C15H17BrN2O4S2. The van der Waals surface area contributed by atoms with Crippen LogP contribution in [0.4, 0.5) is 0 Å². The highest BCUT2D eigenvalue weighted by atomic mass is 79.9. The fraction of sp³-hybridized carbons (Fsp3) is 0.200. The van der Waals surface area contributed by atoms with Crippen molar-refractivity contribution in [2.75, 3.05) is 7.05 Å². The number of hydrogen-bond donors (Lipinski definition) is 1. The van der Waals surface area contributed by atoms with Gasteiger partial charge in [0.15, 0.2) is 0 Å². The van der Waals surface area contributed by atoms with Crippen molar-refractivity contribution >= 4 is 36.0 Å². The van der Waals surface area contributed by atoms with Gasteiger partial charge in [-0.2, -0.15) is 4.31 Å². The molecule has 0 amide bonds. The Labute approximate surface area is 150 Å². The molecule has 2 N–H and O–H groups in total. The van der Waals surface area contributed by atoms with Gasteiger partial charge in [-0.3, -0.25) is 0 Å². The maximum atomic E-state index is 12.7. The monoisotopic (exact) mass is 432 g/mol. The van der Waals surface area contributed by atoms with Crippen molar-refractivity contribution in [2.24, 2.45) is 5.14 Å². The van der Waals surface area contributed by atoms with Crippen LogP contribution in [-0.2, 0) is 20.0 Å². The Kier molecular flexibility index (Phi) is 5.50. The standard InChI is InChI=1S/C15H17BrN2O4S2/c1-11(12-6-8-14(9-7-12)23(17,19)20)18(2)24(21,22)15-5-3-4-13(16)10-15/h3-11H,1-2H3,(H2,17,19,20). The van der Waals surface area contributed by atoms with Crippen molar-refractivity contribution in [3.63, 3.8) is 0 Å². The van der Waals surface area contributed by atoms with Crippen LogP contribution in [0.15, 0.2) is 62.8 Å². The first kappa shape index (κ1) is 19.1. The molecule has 0 radical (unpaired) electrons. The van der Waals surface area contributed by atoms with Gasteiger partial charge in [0.25, 0.3) is 0 Å². The Bertz CT molecular complexity index is 942. The average Bonchev–Trinajstić information content (AvgIpc) is 2.52. The molecule has 130 valence electrons. The molecule has 0 saturated carbocycles. The Morgan fingerprint density at radius 1 is 1.00 bits per heavy atom. The van der Waals surface area contributed by atoms with E-state index >= 15 is 0 Å². The minimum Gasteiger partial charge on any atom is -0.225 e. The first-order valence-corrected chi connectivity index (χ1v) is 10.7. The highest BCUT2D eigenvalue weighted by Gasteiger charge is 2.26. The molecule has 2 aromatic carbocycles. The summed E-state index contributed by atoms with van der Waals surface area (Å²) in [6.45, 7) is 1.72. The van der Waals surface area contributed by atoms with Gasteiger partial charge in [-0.05, 0) is 42.8 Å². The number of nitrogens with two attached hydrogens (primary N) is 1. The molecule has 1 unspecified atom stereocenters. The Morgan fingerprint density at radius 3 is 2.08 bits per heavy atom. The zero-order valence-electron chi connectivity index (χ0n) is 13.0. The molecule has 0 aliphatic heterocycles.